The minimum Gasteiger partial charge on any atom is -0.330 e. The Bertz CT molecular complexity index is 65.3. The Kier molecular flexibility index (Phi) is 3.01. The van der Waals surface area contributed by atoms with Crippen LogP contribution < -0.4 is 11.1 Å². The predicted molar refractivity (Wildman–Crippen MR) is 39.3 cm³/mol. The van der Waals surface area contributed by atoms with Gasteiger partial charge in [-0.15, -0.1) is 0 Å². The second-order valence-corrected chi connectivity index (χ2v) is 2.80. The average Bonchev–Trinajstić information content (AvgIpc) is 2.13. The molecule has 54 valence electrons. The van der Waals surface area contributed by atoms with Crippen LogP contribution in [0.15, 0.2) is 0 Å². The summed E-state index contributed by atoms with van der Waals surface area (Å²) in [6, 6.07) is 0. The lowest BCUT2D eigenvalue weighted by Crippen LogP contribution is -2.25. The second-order valence-electron chi connectivity index (χ2n) is 2.80. The minimum absolute atomic E-state index is 0.743. The maximum absolute atomic E-state index is 5.53. The van der Waals surface area contributed by atoms with Crippen LogP contribution in [0, 0.1) is 5.92 Å². The summed E-state index contributed by atoms with van der Waals surface area (Å²) in [7, 11) is 0. The Balaban J connectivity index is 2.18. The number of nitrogens with one attached hydrogen (secondary N) is 1. The molecule has 1 atom stereocenters. The molecule has 1 unspecified atom stereocenters. The Morgan fingerprint density at radius 2 is 2.33 bits per heavy atom. The molecule has 0 spiro atoms. The van der Waals surface area contributed by atoms with E-state index in [4.69, 9.17) is 5.73 Å². The van der Waals surface area contributed by atoms with Gasteiger partial charge in [-0.1, -0.05) is 6.42 Å². The van der Waals surface area contributed by atoms with Crippen molar-refractivity contribution in [3.05, 3.63) is 0 Å². The molecule has 0 aliphatic carbocycles. The molecule has 1 saturated heterocycles. The monoisotopic (exact) mass is 128 g/mol. The van der Waals surface area contributed by atoms with Crippen molar-refractivity contribution in [2.24, 2.45) is 11.7 Å². The molecule has 1 aliphatic rings. The van der Waals surface area contributed by atoms with Crippen LogP contribution >= 0.6 is 0 Å². The van der Waals surface area contributed by atoms with Crippen molar-refractivity contribution in [3.63, 3.8) is 0 Å². The van der Waals surface area contributed by atoms with E-state index in [1.54, 1.807) is 0 Å². The van der Waals surface area contributed by atoms with Crippen LogP contribution in [-0.2, 0) is 0 Å². The SMILES string of the molecule is NCC1CCCCNC1. The van der Waals surface area contributed by atoms with Crippen molar-refractivity contribution in [2.45, 2.75) is 19.3 Å². The minimum atomic E-state index is 0.743. The first-order valence-corrected chi connectivity index (χ1v) is 3.84. The van der Waals surface area contributed by atoms with E-state index < -0.39 is 0 Å². The van der Waals surface area contributed by atoms with Gasteiger partial charge in [0.1, 0.15) is 0 Å². The summed E-state index contributed by atoms with van der Waals surface area (Å²) in [5.41, 5.74) is 5.53. The molecule has 0 aromatic heterocycles. The highest BCUT2D eigenvalue weighted by Gasteiger charge is 2.08. The van der Waals surface area contributed by atoms with E-state index in [9.17, 15) is 0 Å². The Morgan fingerprint density at radius 1 is 1.44 bits per heavy atom. The van der Waals surface area contributed by atoms with E-state index in [1.165, 1.54) is 25.8 Å². The predicted octanol–water partition coefficient (Wildman–Crippen LogP) is 0.335. The molecule has 1 rings (SSSR count). The fraction of sp³-hybridized carbons (Fsp3) is 1.00. The van der Waals surface area contributed by atoms with E-state index in [1.807, 2.05) is 0 Å². The average molecular weight is 128 g/mol. The topological polar surface area (TPSA) is 38.0 Å². The summed E-state index contributed by atoms with van der Waals surface area (Å²) in [4.78, 5) is 0. The van der Waals surface area contributed by atoms with Crippen LogP contribution in [0.3, 0.4) is 0 Å². The van der Waals surface area contributed by atoms with E-state index in [0.29, 0.717) is 0 Å². The smallest absolute Gasteiger partial charge is 0.000846 e. The third-order valence-corrected chi connectivity index (χ3v) is 1.98. The van der Waals surface area contributed by atoms with Gasteiger partial charge in [0.15, 0.2) is 0 Å². The first-order valence-electron chi connectivity index (χ1n) is 3.84. The van der Waals surface area contributed by atoms with Crippen LogP contribution in [0.4, 0.5) is 0 Å². The van der Waals surface area contributed by atoms with Crippen LogP contribution in [0.25, 0.3) is 0 Å². The van der Waals surface area contributed by atoms with Crippen molar-refractivity contribution in [1.29, 1.82) is 0 Å². The van der Waals surface area contributed by atoms with Crippen LogP contribution in [-0.4, -0.2) is 19.6 Å². The molecular formula is C7H16N2. The zero-order valence-corrected chi connectivity index (χ0v) is 5.90. The highest BCUT2D eigenvalue weighted by atomic mass is 14.9. The summed E-state index contributed by atoms with van der Waals surface area (Å²) in [5.74, 6) is 0.743. The highest BCUT2D eigenvalue weighted by molar-refractivity contribution is 4.67. The van der Waals surface area contributed by atoms with Gasteiger partial charge in [0.25, 0.3) is 0 Å². The Labute approximate surface area is 56.8 Å². The second kappa shape index (κ2) is 3.85. The van der Waals surface area contributed by atoms with Crippen LogP contribution in [0.1, 0.15) is 19.3 Å². The molecule has 2 nitrogen and oxygen atoms in total. The number of hydrogen-bond acceptors (Lipinski definition) is 2. The lowest BCUT2D eigenvalue weighted by molar-refractivity contribution is 0.490. The van der Waals surface area contributed by atoms with Crippen molar-refractivity contribution in [3.8, 4) is 0 Å². The summed E-state index contributed by atoms with van der Waals surface area (Å²) in [5, 5.41) is 3.37. The molecule has 1 fully saturated rings. The van der Waals surface area contributed by atoms with Gasteiger partial charge in [0.05, 0.1) is 0 Å². The summed E-state index contributed by atoms with van der Waals surface area (Å²) >= 11 is 0. The number of hydrogen-bond donors (Lipinski definition) is 2. The third-order valence-electron chi connectivity index (χ3n) is 1.98. The van der Waals surface area contributed by atoms with Gasteiger partial charge in [-0.25, -0.2) is 0 Å². The van der Waals surface area contributed by atoms with E-state index in [-0.39, 0.29) is 0 Å². The summed E-state index contributed by atoms with van der Waals surface area (Å²) in [6.07, 6.45) is 4.01. The van der Waals surface area contributed by atoms with Gasteiger partial charge in [0.2, 0.25) is 0 Å². The van der Waals surface area contributed by atoms with Gasteiger partial charge < -0.3 is 11.1 Å². The zero-order chi connectivity index (χ0) is 6.53. The molecule has 0 bridgehead atoms. The van der Waals surface area contributed by atoms with E-state index in [0.717, 1.165) is 19.0 Å². The Morgan fingerprint density at radius 3 is 3.11 bits per heavy atom. The van der Waals surface area contributed by atoms with Gasteiger partial charge in [-0.2, -0.15) is 0 Å². The van der Waals surface area contributed by atoms with Crippen LogP contribution in [0.2, 0.25) is 0 Å². The molecule has 1 aliphatic heterocycles. The maximum Gasteiger partial charge on any atom is -0.000846 e. The molecule has 2 heteroatoms. The molecule has 0 radical (unpaired) electrons. The molecule has 1 heterocycles. The third kappa shape index (κ3) is 2.33. The molecule has 0 aromatic carbocycles. The highest BCUT2D eigenvalue weighted by Crippen LogP contribution is 2.08. The lowest BCUT2D eigenvalue weighted by Gasteiger charge is -2.09. The van der Waals surface area contributed by atoms with Gasteiger partial charge in [-0.05, 0) is 38.4 Å². The summed E-state index contributed by atoms with van der Waals surface area (Å²) < 4.78 is 0. The summed E-state index contributed by atoms with van der Waals surface area (Å²) in [6.45, 7) is 3.18. The standard InChI is InChI=1S/C7H16N2/c8-5-7-3-1-2-4-9-6-7/h7,9H,1-6,8H2. The largest absolute Gasteiger partial charge is 0.330 e. The van der Waals surface area contributed by atoms with Crippen molar-refractivity contribution in [2.75, 3.05) is 19.6 Å². The molecule has 0 saturated carbocycles. The van der Waals surface area contributed by atoms with Crippen molar-refractivity contribution >= 4 is 0 Å². The fourth-order valence-electron chi connectivity index (χ4n) is 1.29. The molecule has 3 N–H and O–H groups in total. The molecule has 0 aromatic rings. The first kappa shape index (κ1) is 7.03. The van der Waals surface area contributed by atoms with Gasteiger partial charge >= 0.3 is 0 Å². The Hall–Kier alpha value is -0.0800. The van der Waals surface area contributed by atoms with E-state index in [2.05, 4.69) is 5.32 Å². The number of nitrogens with two attached hydrogens (primary N) is 1. The first-order chi connectivity index (χ1) is 4.43. The van der Waals surface area contributed by atoms with Gasteiger partial charge in [0, 0.05) is 0 Å². The number of rotatable bonds is 1. The maximum atomic E-state index is 5.53. The molecular weight excluding hydrogens is 112 g/mol. The normalized spacial score (nSPS) is 29.7. The van der Waals surface area contributed by atoms with Gasteiger partial charge in [-0.3, -0.25) is 0 Å². The fourth-order valence-corrected chi connectivity index (χ4v) is 1.29. The zero-order valence-electron chi connectivity index (χ0n) is 5.90. The quantitative estimate of drug-likeness (QED) is 0.534. The van der Waals surface area contributed by atoms with Crippen LogP contribution in [0.5, 0.6) is 0 Å². The van der Waals surface area contributed by atoms with Crippen molar-refractivity contribution in [1.82, 2.24) is 5.32 Å². The molecule has 9 heavy (non-hydrogen) atoms. The lowest BCUT2D eigenvalue weighted by atomic mass is 10.0. The van der Waals surface area contributed by atoms with Crippen molar-refractivity contribution < 1.29 is 0 Å². The van der Waals surface area contributed by atoms with E-state index >= 15 is 0 Å². The molecule has 0 amide bonds.